The molecule has 1 aromatic heterocycles. The summed E-state index contributed by atoms with van der Waals surface area (Å²) < 4.78 is 1.85. The van der Waals surface area contributed by atoms with Gasteiger partial charge in [0.2, 0.25) is 5.91 Å². The van der Waals surface area contributed by atoms with Crippen molar-refractivity contribution in [2.45, 2.75) is 47.6 Å². The fourth-order valence-electron chi connectivity index (χ4n) is 2.88. The van der Waals surface area contributed by atoms with Crippen molar-refractivity contribution in [1.29, 1.82) is 0 Å². The largest absolute Gasteiger partial charge is 0.311 e. The molecule has 4 nitrogen and oxygen atoms in total. The van der Waals surface area contributed by atoms with Crippen LogP contribution in [0.15, 0.2) is 23.9 Å². The molecule has 0 aliphatic heterocycles. The van der Waals surface area contributed by atoms with Gasteiger partial charge in [0.05, 0.1) is 12.1 Å². The van der Waals surface area contributed by atoms with Gasteiger partial charge in [-0.1, -0.05) is 32.4 Å². The van der Waals surface area contributed by atoms with Gasteiger partial charge in [-0.2, -0.15) is 5.10 Å². The molecular weight excluding hydrogens is 250 g/mol. The molecule has 1 amide bonds. The Morgan fingerprint density at radius 3 is 2.80 bits per heavy atom. The maximum atomic E-state index is 12.5. The summed E-state index contributed by atoms with van der Waals surface area (Å²) in [6.45, 7) is 11.4. The number of nitrogens with zero attached hydrogens (tertiary/aromatic N) is 2. The Labute approximate surface area is 121 Å². The highest BCUT2D eigenvalue weighted by Gasteiger charge is 2.60. The van der Waals surface area contributed by atoms with Crippen LogP contribution in [-0.4, -0.2) is 15.7 Å². The Bertz CT molecular complexity index is 524. The van der Waals surface area contributed by atoms with Gasteiger partial charge in [-0.25, -0.2) is 4.68 Å². The lowest BCUT2D eigenvalue weighted by molar-refractivity contribution is -0.118. The zero-order valence-electron chi connectivity index (χ0n) is 13.1. The van der Waals surface area contributed by atoms with Crippen molar-refractivity contribution in [3.05, 3.63) is 23.9 Å². The van der Waals surface area contributed by atoms with Crippen LogP contribution in [0.4, 0.5) is 5.82 Å². The Hall–Kier alpha value is -1.58. The molecule has 1 N–H and O–H groups in total. The lowest BCUT2D eigenvalue weighted by Gasteiger charge is -2.08. The van der Waals surface area contributed by atoms with Crippen LogP contribution in [0.5, 0.6) is 0 Å². The normalized spacial score (nSPS) is 23.2. The van der Waals surface area contributed by atoms with Crippen LogP contribution in [0.25, 0.3) is 0 Å². The summed E-state index contributed by atoms with van der Waals surface area (Å²) in [4.78, 5) is 12.5. The highest BCUT2D eigenvalue weighted by molar-refractivity contribution is 5.95. The van der Waals surface area contributed by atoms with Gasteiger partial charge in [0.15, 0.2) is 0 Å². The zero-order chi connectivity index (χ0) is 14.9. The molecule has 1 aliphatic carbocycles. The number of allylic oxidation sites excluding steroid dienone is 2. The smallest absolute Gasteiger partial charge is 0.229 e. The van der Waals surface area contributed by atoms with Gasteiger partial charge in [-0.3, -0.25) is 4.79 Å². The van der Waals surface area contributed by atoms with E-state index in [0.717, 1.165) is 18.8 Å². The molecule has 0 bridgehead atoms. The van der Waals surface area contributed by atoms with Crippen molar-refractivity contribution in [3.8, 4) is 0 Å². The third-order valence-electron chi connectivity index (χ3n) is 4.11. The second-order valence-electron chi connectivity index (χ2n) is 6.50. The monoisotopic (exact) mass is 275 g/mol. The minimum absolute atomic E-state index is 0.0525. The molecule has 1 saturated carbocycles. The minimum Gasteiger partial charge on any atom is -0.311 e. The van der Waals surface area contributed by atoms with E-state index in [4.69, 9.17) is 0 Å². The van der Waals surface area contributed by atoms with Crippen LogP contribution < -0.4 is 5.32 Å². The van der Waals surface area contributed by atoms with Gasteiger partial charge >= 0.3 is 0 Å². The number of rotatable bonds is 5. The molecule has 110 valence electrons. The van der Waals surface area contributed by atoms with E-state index >= 15 is 0 Å². The molecule has 1 heterocycles. The van der Waals surface area contributed by atoms with Crippen molar-refractivity contribution >= 4 is 11.7 Å². The van der Waals surface area contributed by atoms with Crippen molar-refractivity contribution in [2.24, 2.45) is 17.3 Å². The van der Waals surface area contributed by atoms with Crippen LogP contribution in [0, 0.1) is 17.3 Å². The van der Waals surface area contributed by atoms with Crippen LogP contribution in [-0.2, 0) is 11.3 Å². The standard InChI is InChI=1S/C16H25N3O/c1-6-9-19-13(7-8-17-19)18-15(20)14-12(10-11(2)3)16(14,4)5/h7-8,10,12,14H,6,9H2,1-5H3,(H,18,20)/t12-,14+/m1/s1. The van der Waals surface area contributed by atoms with Crippen molar-refractivity contribution < 1.29 is 4.79 Å². The number of aryl methyl sites for hydroxylation is 1. The highest BCUT2D eigenvalue weighted by Crippen LogP contribution is 2.59. The fraction of sp³-hybridized carbons (Fsp3) is 0.625. The molecule has 20 heavy (non-hydrogen) atoms. The molecule has 4 heteroatoms. The molecule has 0 aromatic carbocycles. The van der Waals surface area contributed by atoms with Gasteiger partial charge in [0.25, 0.3) is 0 Å². The van der Waals surface area contributed by atoms with Gasteiger partial charge in [-0.15, -0.1) is 0 Å². The predicted octanol–water partition coefficient (Wildman–Crippen LogP) is 3.47. The number of hydrogen-bond donors (Lipinski definition) is 1. The second kappa shape index (κ2) is 5.43. The molecule has 0 radical (unpaired) electrons. The topological polar surface area (TPSA) is 46.9 Å². The van der Waals surface area contributed by atoms with Crippen molar-refractivity contribution in [2.75, 3.05) is 5.32 Å². The van der Waals surface area contributed by atoms with Gasteiger partial charge in [0.1, 0.15) is 5.82 Å². The van der Waals surface area contributed by atoms with E-state index in [2.05, 4.69) is 51.1 Å². The first-order chi connectivity index (χ1) is 9.37. The number of anilines is 1. The highest BCUT2D eigenvalue weighted by atomic mass is 16.2. The Morgan fingerprint density at radius 1 is 1.50 bits per heavy atom. The van der Waals surface area contributed by atoms with Crippen LogP contribution in [0.2, 0.25) is 0 Å². The maximum absolute atomic E-state index is 12.5. The Balaban J connectivity index is 2.06. The molecular formula is C16H25N3O. The number of carbonyl (C=O) groups is 1. The number of carbonyl (C=O) groups excluding carboxylic acids is 1. The van der Waals surface area contributed by atoms with E-state index in [0.29, 0.717) is 5.92 Å². The number of nitrogens with one attached hydrogen (secondary N) is 1. The molecule has 1 aromatic rings. The first-order valence-corrected chi connectivity index (χ1v) is 7.35. The minimum atomic E-state index is 0.0525. The summed E-state index contributed by atoms with van der Waals surface area (Å²) >= 11 is 0. The van der Waals surface area contributed by atoms with Crippen molar-refractivity contribution in [3.63, 3.8) is 0 Å². The lowest BCUT2D eigenvalue weighted by Crippen LogP contribution is -2.19. The number of amides is 1. The lowest BCUT2D eigenvalue weighted by atomic mass is 10.1. The summed E-state index contributed by atoms with van der Waals surface area (Å²) in [5, 5.41) is 7.26. The quantitative estimate of drug-likeness (QED) is 0.836. The van der Waals surface area contributed by atoms with Crippen LogP contribution >= 0.6 is 0 Å². The summed E-state index contributed by atoms with van der Waals surface area (Å²) in [5.74, 6) is 1.31. The fourth-order valence-corrected chi connectivity index (χ4v) is 2.88. The Kier molecular flexibility index (Phi) is 4.02. The molecule has 1 aliphatic rings. The van der Waals surface area contributed by atoms with E-state index in [1.165, 1.54) is 5.57 Å². The molecule has 2 atom stereocenters. The summed E-state index contributed by atoms with van der Waals surface area (Å²) in [6, 6.07) is 1.86. The summed E-state index contributed by atoms with van der Waals surface area (Å²) in [6.07, 6.45) is 4.95. The van der Waals surface area contributed by atoms with Gasteiger partial charge in [-0.05, 0) is 31.6 Å². The summed E-state index contributed by atoms with van der Waals surface area (Å²) in [5.41, 5.74) is 1.33. The maximum Gasteiger partial charge on any atom is 0.229 e. The van der Waals surface area contributed by atoms with E-state index in [-0.39, 0.29) is 17.2 Å². The molecule has 1 fully saturated rings. The first kappa shape index (κ1) is 14.8. The van der Waals surface area contributed by atoms with E-state index in [1.807, 2.05) is 10.7 Å². The SMILES string of the molecule is CCCn1nccc1NC(=O)[C@@H]1[C@@H](C=C(C)C)C1(C)C. The van der Waals surface area contributed by atoms with Gasteiger partial charge < -0.3 is 5.32 Å². The van der Waals surface area contributed by atoms with E-state index in [9.17, 15) is 4.79 Å². The average Bonchev–Trinajstić information content (AvgIpc) is 2.69. The zero-order valence-corrected chi connectivity index (χ0v) is 13.1. The van der Waals surface area contributed by atoms with Gasteiger partial charge in [0, 0.05) is 12.6 Å². The van der Waals surface area contributed by atoms with E-state index in [1.54, 1.807) is 6.20 Å². The molecule has 0 unspecified atom stereocenters. The second-order valence-corrected chi connectivity index (χ2v) is 6.50. The summed E-state index contributed by atoms with van der Waals surface area (Å²) in [7, 11) is 0. The average molecular weight is 275 g/mol. The molecule has 2 rings (SSSR count). The van der Waals surface area contributed by atoms with Crippen molar-refractivity contribution in [1.82, 2.24) is 9.78 Å². The molecule has 0 saturated heterocycles. The number of hydrogen-bond acceptors (Lipinski definition) is 2. The third-order valence-corrected chi connectivity index (χ3v) is 4.11. The van der Waals surface area contributed by atoms with Crippen LogP contribution in [0.3, 0.4) is 0 Å². The first-order valence-electron chi connectivity index (χ1n) is 7.35. The third kappa shape index (κ3) is 2.79. The molecule has 0 spiro atoms. The number of aromatic nitrogens is 2. The van der Waals surface area contributed by atoms with E-state index < -0.39 is 0 Å². The predicted molar refractivity (Wildman–Crippen MR) is 81.3 cm³/mol. The Morgan fingerprint density at radius 2 is 2.20 bits per heavy atom. The van der Waals surface area contributed by atoms with Crippen LogP contribution in [0.1, 0.15) is 41.0 Å².